The molecule has 1 fully saturated rings. The second-order valence-corrected chi connectivity index (χ2v) is 8.75. The summed E-state index contributed by atoms with van der Waals surface area (Å²) < 4.78 is 0. The minimum atomic E-state index is -1.25. The molecule has 1 saturated carbocycles. The zero-order chi connectivity index (χ0) is 8.32. The van der Waals surface area contributed by atoms with Gasteiger partial charge in [-0.15, -0.1) is 12.0 Å². The van der Waals surface area contributed by atoms with Crippen LogP contribution in [0.2, 0.25) is 18.6 Å². The Labute approximate surface area is 71.4 Å². The lowest BCUT2D eigenvalue weighted by Crippen LogP contribution is -2.32. The first kappa shape index (κ1) is 8.87. The van der Waals surface area contributed by atoms with E-state index in [9.17, 15) is 0 Å². The highest BCUT2D eigenvalue weighted by atomic mass is 28.3. The number of rotatable bonds is 1. The van der Waals surface area contributed by atoms with E-state index in [4.69, 9.17) is 6.42 Å². The molecule has 0 radical (unpaired) electrons. The molecule has 62 valence electrons. The molecule has 1 aliphatic rings. The van der Waals surface area contributed by atoms with Gasteiger partial charge in [0.1, 0.15) is 8.07 Å². The van der Waals surface area contributed by atoms with E-state index in [0.29, 0.717) is 0 Å². The standard InChI is InChI=1S/C10H18Si/c1-4-11(2,3)10-8-6-5-7-9-10/h1,10H,5-9H2,2-3H3. The van der Waals surface area contributed by atoms with Crippen molar-refractivity contribution in [2.75, 3.05) is 0 Å². The van der Waals surface area contributed by atoms with Crippen molar-refractivity contribution in [1.82, 2.24) is 0 Å². The Morgan fingerprint density at radius 2 is 1.73 bits per heavy atom. The maximum atomic E-state index is 5.55. The molecular weight excluding hydrogens is 148 g/mol. The first-order chi connectivity index (χ1) is 5.17. The van der Waals surface area contributed by atoms with Gasteiger partial charge in [0.25, 0.3) is 0 Å². The molecule has 0 aromatic rings. The normalized spacial score (nSPS) is 21.2. The lowest BCUT2D eigenvalue weighted by Gasteiger charge is -2.30. The van der Waals surface area contributed by atoms with E-state index < -0.39 is 8.07 Å². The Hall–Kier alpha value is -0.223. The van der Waals surface area contributed by atoms with E-state index in [1.54, 1.807) is 0 Å². The zero-order valence-corrected chi connectivity index (χ0v) is 8.69. The smallest absolute Gasteiger partial charge is 0.135 e. The molecule has 0 unspecified atom stereocenters. The van der Waals surface area contributed by atoms with Crippen LogP contribution >= 0.6 is 0 Å². The van der Waals surface area contributed by atoms with E-state index in [-0.39, 0.29) is 0 Å². The van der Waals surface area contributed by atoms with Gasteiger partial charge >= 0.3 is 0 Å². The maximum Gasteiger partial charge on any atom is 0.135 e. The lowest BCUT2D eigenvalue weighted by molar-refractivity contribution is 0.494. The molecule has 1 aliphatic carbocycles. The van der Waals surface area contributed by atoms with Gasteiger partial charge < -0.3 is 0 Å². The number of terminal acetylenes is 1. The van der Waals surface area contributed by atoms with Crippen molar-refractivity contribution < 1.29 is 0 Å². The van der Waals surface area contributed by atoms with Gasteiger partial charge in [0.15, 0.2) is 0 Å². The van der Waals surface area contributed by atoms with Gasteiger partial charge in [0.05, 0.1) is 0 Å². The average Bonchev–Trinajstić information content (AvgIpc) is 2.06. The molecule has 0 saturated heterocycles. The van der Waals surface area contributed by atoms with Crippen LogP contribution in [0.5, 0.6) is 0 Å². The average molecular weight is 166 g/mol. The maximum absolute atomic E-state index is 5.55. The Balaban J connectivity index is 2.52. The number of hydrogen-bond donors (Lipinski definition) is 0. The van der Waals surface area contributed by atoms with E-state index >= 15 is 0 Å². The molecule has 1 heteroatoms. The molecule has 0 nitrogen and oxygen atoms in total. The van der Waals surface area contributed by atoms with E-state index in [1.165, 1.54) is 32.1 Å². The second-order valence-electron chi connectivity index (χ2n) is 4.20. The fourth-order valence-electron chi connectivity index (χ4n) is 1.94. The van der Waals surface area contributed by atoms with Crippen LogP contribution < -0.4 is 0 Å². The van der Waals surface area contributed by atoms with E-state index in [1.807, 2.05) is 0 Å². The first-order valence-electron chi connectivity index (χ1n) is 4.64. The Bertz CT molecular complexity index is 158. The van der Waals surface area contributed by atoms with Crippen molar-refractivity contribution >= 4 is 8.07 Å². The molecular formula is C10H18Si. The molecule has 1 rings (SSSR count). The Morgan fingerprint density at radius 1 is 1.18 bits per heavy atom. The SMILES string of the molecule is C#C[Si](C)(C)C1CCCCC1. The van der Waals surface area contributed by atoms with Crippen LogP contribution in [0.3, 0.4) is 0 Å². The van der Waals surface area contributed by atoms with Crippen molar-refractivity contribution in [2.45, 2.75) is 50.7 Å². The molecule has 0 aliphatic heterocycles. The van der Waals surface area contributed by atoms with Gasteiger partial charge in [-0.05, 0) is 5.54 Å². The van der Waals surface area contributed by atoms with Crippen LogP contribution in [-0.2, 0) is 0 Å². The van der Waals surface area contributed by atoms with Crippen LogP contribution in [0.4, 0.5) is 0 Å². The molecule has 0 atom stereocenters. The van der Waals surface area contributed by atoms with Crippen LogP contribution in [0.1, 0.15) is 32.1 Å². The van der Waals surface area contributed by atoms with Gasteiger partial charge in [-0.2, -0.15) is 0 Å². The summed E-state index contributed by atoms with van der Waals surface area (Å²) in [4.78, 5) is 0. The summed E-state index contributed by atoms with van der Waals surface area (Å²) in [5.41, 5.74) is 3.97. The topological polar surface area (TPSA) is 0 Å². The fourth-order valence-corrected chi connectivity index (χ4v) is 4.03. The van der Waals surface area contributed by atoms with Gasteiger partial charge in [-0.25, -0.2) is 0 Å². The minimum Gasteiger partial charge on any atom is -0.135 e. The number of hydrogen-bond acceptors (Lipinski definition) is 0. The van der Waals surface area contributed by atoms with Crippen LogP contribution in [0.25, 0.3) is 0 Å². The molecule has 0 aromatic heterocycles. The first-order valence-corrected chi connectivity index (χ1v) is 7.72. The summed E-state index contributed by atoms with van der Waals surface area (Å²) in [6, 6.07) is 0. The summed E-state index contributed by atoms with van der Waals surface area (Å²) in [6.07, 6.45) is 12.6. The molecule has 0 amide bonds. The summed E-state index contributed by atoms with van der Waals surface area (Å²) in [6.45, 7) is 4.67. The highest BCUT2D eigenvalue weighted by Gasteiger charge is 2.30. The third kappa shape index (κ3) is 2.10. The molecule has 0 bridgehead atoms. The quantitative estimate of drug-likeness (QED) is 0.414. The van der Waals surface area contributed by atoms with Crippen molar-refractivity contribution in [3.8, 4) is 12.0 Å². The van der Waals surface area contributed by atoms with E-state index in [2.05, 4.69) is 18.6 Å². The third-order valence-corrected chi connectivity index (χ3v) is 6.36. The summed E-state index contributed by atoms with van der Waals surface area (Å²) in [5.74, 6) is 0. The molecule has 0 heterocycles. The molecule has 0 aromatic carbocycles. The molecule has 11 heavy (non-hydrogen) atoms. The minimum absolute atomic E-state index is 0.918. The van der Waals surface area contributed by atoms with Gasteiger partial charge in [-0.3, -0.25) is 0 Å². The van der Waals surface area contributed by atoms with Crippen molar-refractivity contribution in [2.24, 2.45) is 0 Å². The highest BCUT2D eigenvalue weighted by molar-refractivity contribution is 6.86. The summed E-state index contributed by atoms with van der Waals surface area (Å²) in [5, 5.41) is 0. The molecule has 0 spiro atoms. The summed E-state index contributed by atoms with van der Waals surface area (Å²) in [7, 11) is -1.25. The van der Waals surface area contributed by atoms with Crippen LogP contribution in [0, 0.1) is 12.0 Å². The van der Waals surface area contributed by atoms with Crippen molar-refractivity contribution in [1.29, 1.82) is 0 Å². The van der Waals surface area contributed by atoms with Crippen LogP contribution in [-0.4, -0.2) is 8.07 Å². The third-order valence-electron chi connectivity index (χ3n) is 3.00. The van der Waals surface area contributed by atoms with Gasteiger partial charge in [0, 0.05) is 0 Å². The van der Waals surface area contributed by atoms with Crippen molar-refractivity contribution in [3.05, 3.63) is 0 Å². The fraction of sp³-hybridized carbons (Fsp3) is 0.800. The predicted molar refractivity (Wildman–Crippen MR) is 53.2 cm³/mol. The second kappa shape index (κ2) is 3.45. The lowest BCUT2D eigenvalue weighted by atomic mass is 10.0. The van der Waals surface area contributed by atoms with Gasteiger partial charge in [-0.1, -0.05) is 45.2 Å². The molecule has 0 N–H and O–H groups in total. The predicted octanol–water partition coefficient (Wildman–Crippen LogP) is 3.20. The largest absolute Gasteiger partial charge is 0.135 e. The van der Waals surface area contributed by atoms with Crippen molar-refractivity contribution in [3.63, 3.8) is 0 Å². The van der Waals surface area contributed by atoms with Crippen LogP contribution in [0.15, 0.2) is 0 Å². The zero-order valence-electron chi connectivity index (χ0n) is 7.69. The highest BCUT2D eigenvalue weighted by Crippen LogP contribution is 2.36. The monoisotopic (exact) mass is 166 g/mol. The Kier molecular flexibility index (Phi) is 2.78. The summed E-state index contributed by atoms with van der Waals surface area (Å²) >= 11 is 0. The van der Waals surface area contributed by atoms with E-state index in [0.717, 1.165) is 5.54 Å². The van der Waals surface area contributed by atoms with Gasteiger partial charge in [0.2, 0.25) is 0 Å². The Morgan fingerprint density at radius 3 is 2.18 bits per heavy atom.